The third kappa shape index (κ3) is 3.54. The number of hydrogen-bond acceptors (Lipinski definition) is 1. The Labute approximate surface area is 127 Å². The third-order valence-corrected chi connectivity index (χ3v) is 4.08. The Balaban J connectivity index is 2.32. The van der Waals surface area contributed by atoms with Gasteiger partial charge in [0.15, 0.2) is 0 Å². The van der Waals surface area contributed by atoms with Crippen LogP contribution in [0.3, 0.4) is 0 Å². The fraction of sp³-hybridized carbons (Fsp3) is 0.250. The molecule has 3 heteroatoms. The zero-order valence-electron chi connectivity index (χ0n) is 10.9. The summed E-state index contributed by atoms with van der Waals surface area (Å²) in [5.41, 5.74) is 9.65. The smallest absolute Gasteiger partial charge is 0.124 e. The monoisotopic (exact) mass is 369 g/mol. The van der Waals surface area contributed by atoms with Crippen LogP contribution in [0.15, 0.2) is 42.5 Å². The lowest BCUT2D eigenvalue weighted by Gasteiger charge is -2.15. The molecule has 0 saturated carbocycles. The van der Waals surface area contributed by atoms with E-state index in [4.69, 9.17) is 5.73 Å². The minimum Gasteiger partial charge on any atom is -0.320 e. The lowest BCUT2D eigenvalue weighted by molar-refractivity contribution is 0.625. The Bertz CT molecular complexity index is 568. The highest BCUT2D eigenvalue weighted by atomic mass is 127. The van der Waals surface area contributed by atoms with Gasteiger partial charge >= 0.3 is 0 Å². The molecule has 0 aliphatic heterocycles. The molecule has 0 amide bonds. The van der Waals surface area contributed by atoms with E-state index in [0.29, 0.717) is 0 Å². The second-order valence-corrected chi connectivity index (χ2v) is 5.80. The highest BCUT2D eigenvalue weighted by molar-refractivity contribution is 14.1. The summed E-state index contributed by atoms with van der Waals surface area (Å²) >= 11 is 2.13. The maximum absolute atomic E-state index is 13.1. The second kappa shape index (κ2) is 6.48. The van der Waals surface area contributed by atoms with E-state index in [1.54, 1.807) is 6.07 Å². The van der Waals surface area contributed by atoms with Gasteiger partial charge < -0.3 is 5.73 Å². The normalized spacial score (nSPS) is 12.4. The molecular weight excluding hydrogens is 352 g/mol. The molecular formula is C16H17FIN. The second-order valence-electron chi connectivity index (χ2n) is 4.64. The summed E-state index contributed by atoms with van der Waals surface area (Å²) in [7, 11) is 0. The van der Waals surface area contributed by atoms with Gasteiger partial charge in [0, 0.05) is 3.57 Å². The summed E-state index contributed by atoms with van der Waals surface area (Å²) in [5, 5.41) is 0. The van der Waals surface area contributed by atoms with Crippen molar-refractivity contribution in [3.8, 4) is 0 Å². The molecule has 0 radical (unpaired) electrons. The molecule has 1 atom stereocenters. The van der Waals surface area contributed by atoms with E-state index < -0.39 is 0 Å². The van der Waals surface area contributed by atoms with Crippen LogP contribution >= 0.6 is 22.6 Å². The fourth-order valence-electron chi connectivity index (χ4n) is 2.16. The van der Waals surface area contributed by atoms with Crippen LogP contribution in [-0.2, 0) is 6.42 Å². The minimum atomic E-state index is -0.222. The van der Waals surface area contributed by atoms with Gasteiger partial charge in [-0.2, -0.15) is 0 Å². The van der Waals surface area contributed by atoms with Crippen molar-refractivity contribution in [2.24, 2.45) is 5.73 Å². The van der Waals surface area contributed by atoms with Crippen LogP contribution < -0.4 is 5.73 Å². The van der Waals surface area contributed by atoms with Crippen LogP contribution in [0.25, 0.3) is 0 Å². The maximum Gasteiger partial charge on any atom is 0.124 e. The first-order valence-corrected chi connectivity index (χ1v) is 7.49. The first kappa shape index (κ1) is 14.5. The van der Waals surface area contributed by atoms with E-state index >= 15 is 0 Å². The van der Waals surface area contributed by atoms with Crippen molar-refractivity contribution in [3.63, 3.8) is 0 Å². The van der Waals surface area contributed by atoms with Crippen LogP contribution in [-0.4, -0.2) is 0 Å². The highest BCUT2D eigenvalue weighted by Gasteiger charge is 2.13. The molecule has 0 aliphatic carbocycles. The summed E-state index contributed by atoms with van der Waals surface area (Å²) in [6, 6.07) is 12.9. The Morgan fingerprint density at radius 1 is 1.21 bits per heavy atom. The van der Waals surface area contributed by atoms with Gasteiger partial charge in [0.2, 0.25) is 0 Å². The van der Waals surface area contributed by atoms with Crippen LogP contribution in [0, 0.1) is 9.39 Å². The van der Waals surface area contributed by atoms with Crippen LogP contribution in [0.4, 0.5) is 4.39 Å². The minimum absolute atomic E-state index is 0.204. The van der Waals surface area contributed by atoms with Gasteiger partial charge in [0.1, 0.15) is 5.82 Å². The molecule has 0 saturated heterocycles. The molecule has 0 heterocycles. The molecule has 0 bridgehead atoms. The Hall–Kier alpha value is -0.940. The van der Waals surface area contributed by atoms with Gasteiger partial charge in [0.05, 0.1) is 6.04 Å². The SMILES string of the molecule is CCCc1cccc(C(N)c2ccc(F)cc2I)c1. The predicted molar refractivity (Wildman–Crippen MR) is 85.6 cm³/mol. The molecule has 0 aromatic heterocycles. The quantitative estimate of drug-likeness (QED) is 0.793. The average molecular weight is 369 g/mol. The molecule has 2 aromatic rings. The van der Waals surface area contributed by atoms with Gasteiger partial charge in [-0.15, -0.1) is 0 Å². The first-order chi connectivity index (χ1) is 9.11. The summed E-state index contributed by atoms with van der Waals surface area (Å²) in [5.74, 6) is -0.222. The van der Waals surface area contributed by atoms with E-state index in [-0.39, 0.29) is 11.9 Å². The maximum atomic E-state index is 13.1. The van der Waals surface area contributed by atoms with E-state index in [0.717, 1.165) is 27.5 Å². The van der Waals surface area contributed by atoms with Gasteiger partial charge in [-0.05, 0) is 57.8 Å². The van der Waals surface area contributed by atoms with Crippen LogP contribution in [0.2, 0.25) is 0 Å². The number of benzene rings is 2. The number of rotatable bonds is 4. The number of hydrogen-bond donors (Lipinski definition) is 1. The molecule has 1 nitrogen and oxygen atoms in total. The summed E-state index contributed by atoms with van der Waals surface area (Å²) < 4.78 is 14.0. The summed E-state index contributed by atoms with van der Waals surface area (Å²) in [4.78, 5) is 0. The third-order valence-electron chi connectivity index (χ3n) is 3.15. The lowest BCUT2D eigenvalue weighted by atomic mass is 9.97. The van der Waals surface area contributed by atoms with Crippen LogP contribution in [0.1, 0.15) is 36.1 Å². The van der Waals surface area contributed by atoms with Crippen LogP contribution in [0.5, 0.6) is 0 Å². The molecule has 0 spiro atoms. The Morgan fingerprint density at radius 2 is 2.00 bits per heavy atom. The Morgan fingerprint density at radius 3 is 2.68 bits per heavy atom. The molecule has 0 aliphatic rings. The zero-order valence-corrected chi connectivity index (χ0v) is 13.0. The molecule has 2 N–H and O–H groups in total. The van der Waals surface area contributed by atoms with E-state index in [2.05, 4.69) is 41.6 Å². The van der Waals surface area contributed by atoms with Gasteiger partial charge in [-0.1, -0.05) is 43.7 Å². The van der Waals surface area contributed by atoms with E-state index in [9.17, 15) is 4.39 Å². The van der Waals surface area contributed by atoms with Crippen molar-refractivity contribution in [2.45, 2.75) is 25.8 Å². The van der Waals surface area contributed by atoms with Crippen molar-refractivity contribution >= 4 is 22.6 Å². The molecule has 0 fully saturated rings. The molecule has 19 heavy (non-hydrogen) atoms. The molecule has 1 unspecified atom stereocenters. The lowest BCUT2D eigenvalue weighted by Crippen LogP contribution is -2.13. The van der Waals surface area contributed by atoms with Crippen molar-refractivity contribution in [1.29, 1.82) is 0 Å². The zero-order chi connectivity index (χ0) is 13.8. The van der Waals surface area contributed by atoms with E-state index in [1.807, 2.05) is 12.1 Å². The van der Waals surface area contributed by atoms with Gasteiger partial charge in [-0.25, -0.2) is 4.39 Å². The number of halogens is 2. The Kier molecular flexibility index (Phi) is 4.93. The van der Waals surface area contributed by atoms with Crippen molar-refractivity contribution in [3.05, 3.63) is 68.5 Å². The highest BCUT2D eigenvalue weighted by Crippen LogP contribution is 2.25. The topological polar surface area (TPSA) is 26.0 Å². The van der Waals surface area contributed by atoms with Gasteiger partial charge in [-0.3, -0.25) is 0 Å². The average Bonchev–Trinajstić information content (AvgIpc) is 2.39. The molecule has 2 aromatic carbocycles. The summed E-state index contributed by atoms with van der Waals surface area (Å²) in [6.07, 6.45) is 2.17. The van der Waals surface area contributed by atoms with Crippen molar-refractivity contribution in [2.75, 3.05) is 0 Å². The largest absolute Gasteiger partial charge is 0.320 e. The number of nitrogens with two attached hydrogens (primary N) is 1. The molecule has 100 valence electrons. The standard InChI is InChI=1S/C16H17FIN/c1-2-4-11-5-3-6-12(9-11)16(19)14-8-7-13(17)10-15(14)18/h3,5-10,16H,2,4,19H2,1H3. The molecule has 2 rings (SSSR count). The van der Waals surface area contributed by atoms with Gasteiger partial charge in [0.25, 0.3) is 0 Å². The first-order valence-electron chi connectivity index (χ1n) is 6.41. The number of aryl methyl sites for hydroxylation is 1. The predicted octanol–water partition coefficient (Wildman–Crippen LogP) is 4.43. The van der Waals surface area contributed by atoms with Crippen molar-refractivity contribution in [1.82, 2.24) is 0 Å². The summed E-state index contributed by atoms with van der Waals surface area (Å²) in [6.45, 7) is 2.16. The van der Waals surface area contributed by atoms with E-state index in [1.165, 1.54) is 17.7 Å². The van der Waals surface area contributed by atoms with Crippen molar-refractivity contribution < 1.29 is 4.39 Å². The fourth-order valence-corrected chi connectivity index (χ4v) is 2.98.